The summed E-state index contributed by atoms with van der Waals surface area (Å²) >= 11 is 1.17. The second-order valence-electron chi connectivity index (χ2n) is 22.6. The minimum absolute atomic E-state index is 0.0562. The quantitative estimate of drug-likeness (QED) is 0.124. The average Bonchev–Trinajstić information content (AvgIpc) is 3.78. The molecule has 0 unspecified atom stereocenters. The first kappa shape index (κ1) is 52.4. The summed E-state index contributed by atoms with van der Waals surface area (Å²) in [5, 5.41) is 7.21. The van der Waals surface area contributed by atoms with Crippen LogP contribution >= 0.6 is 11.3 Å². The van der Waals surface area contributed by atoms with Crippen LogP contribution in [0.2, 0.25) is 0 Å². The van der Waals surface area contributed by atoms with Crippen LogP contribution in [0.25, 0.3) is 33.4 Å². The van der Waals surface area contributed by atoms with Gasteiger partial charge in [-0.05, 0) is 101 Å². The Kier molecular flexibility index (Phi) is 15.1. The van der Waals surface area contributed by atoms with Crippen molar-refractivity contribution < 1.29 is 51.6 Å². The van der Waals surface area contributed by atoms with Gasteiger partial charge in [0.25, 0.3) is 18.2 Å². The van der Waals surface area contributed by atoms with Crippen molar-refractivity contribution in [3.8, 4) is 22.5 Å². The third kappa shape index (κ3) is 10.8. The summed E-state index contributed by atoms with van der Waals surface area (Å²) in [5.74, 6) is -1.50. The highest BCUT2D eigenvalue weighted by molar-refractivity contribution is 7.10. The van der Waals surface area contributed by atoms with E-state index in [9.17, 15) is 23.2 Å². The fraction of sp³-hybridized carbons (Fsp3) is 0.655. The van der Waals surface area contributed by atoms with E-state index < -0.39 is 60.0 Å². The zero-order chi connectivity index (χ0) is 52.2. The number of anilines is 1. The van der Waals surface area contributed by atoms with Crippen molar-refractivity contribution in [3.63, 3.8) is 0 Å². The van der Waals surface area contributed by atoms with Crippen LogP contribution in [-0.4, -0.2) is 157 Å². The number of esters is 1. The van der Waals surface area contributed by atoms with Crippen molar-refractivity contribution in [1.82, 2.24) is 35.2 Å². The standard InChI is InChI=1S/C55H72F2N8O9S/c1-32-35-25-55(26-35,74-32)53(68)60-47-49(72-29-45(56)57)50-59-43(30-75-50)34-8-11-44-39(23-34)41(27-54(3,4)31-73-52(67)42-7-6-14-65(61-42)51(47)66)48(64(44)19-22-71-38-12-20-70-21-13-38)40-24-37(28-58-46(40)33(2)69-5)63-17-15-62(16-18-63)36-9-10-36/h8,11,23-24,28,30,32-33,35-36,38,42,45,47,49,61H,6-7,9-10,12-22,25-27,29,31H2,1-5H3,(H,60,68)/t32-,33+,35?,42+,47+,49+,55?/m1/s1. The van der Waals surface area contributed by atoms with Crippen LogP contribution in [0.4, 0.5) is 14.5 Å². The van der Waals surface area contributed by atoms with Gasteiger partial charge in [0.2, 0.25) is 0 Å². The number of nitrogens with zero attached hydrogens (tertiary/aromatic N) is 6. The molecular weight excluding hydrogens is 987 g/mol. The van der Waals surface area contributed by atoms with Gasteiger partial charge in [-0.25, -0.2) is 19.2 Å². The number of aromatic nitrogens is 3. The number of halogens is 2. The molecule has 1 aromatic carbocycles. The summed E-state index contributed by atoms with van der Waals surface area (Å²) in [5.41, 5.74) is 8.33. The Morgan fingerprint density at radius 3 is 2.53 bits per heavy atom. The van der Waals surface area contributed by atoms with E-state index in [1.165, 1.54) is 29.2 Å². The van der Waals surface area contributed by atoms with E-state index >= 15 is 0 Å². The molecule has 5 atom stereocenters. The van der Waals surface area contributed by atoms with E-state index in [-0.39, 0.29) is 42.4 Å². The third-order valence-electron chi connectivity index (χ3n) is 16.6. The number of cyclic esters (lactones) is 1. The van der Waals surface area contributed by atoms with Crippen LogP contribution in [0.15, 0.2) is 35.8 Å². The number of carbonyl (C=O) groups is 3. The van der Waals surface area contributed by atoms with Crippen molar-refractivity contribution in [2.75, 3.05) is 77.8 Å². The van der Waals surface area contributed by atoms with Crippen LogP contribution in [0.1, 0.15) is 108 Å². The fourth-order valence-electron chi connectivity index (χ4n) is 12.2. The molecule has 4 aromatic rings. The van der Waals surface area contributed by atoms with Gasteiger partial charge >= 0.3 is 5.97 Å². The van der Waals surface area contributed by atoms with Crippen molar-refractivity contribution in [3.05, 3.63) is 52.1 Å². The molecule has 406 valence electrons. The smallest absolute Gasteiger partial charge is 0.324 e. The predicted molar refractivity (Wildman–Crippen MR) is 277 cm³/mol. The third-order valence-corrected chi connectivity index (χ3v) is 17.5. The van der Waals surface area contributed by atoms with Crippen molar-refractivity contribution in [2.24, 2.45) is 11.3 Å². The van der Waals surface area contributed by atoms with Crippen molar-refractivity contribution in [2.45, 2.75) is 147 Å². The number of carbonyl (C=O) groups excluding carboxylic acids is 3. The highest BCUT2D eigenvalue weighted by atomic mass is 32.1. The maximum atomic E-state index is 14.9. The van der Waals surface area contributed by atoms with Gasteiger partial charge in [-0.3, -0.25) is 29.3 Å². The minimum Gasteiger partial charge on any atom is -0.464 e. The highest BCUT2D eigenvalue weighted by Crippen LogP contribution is 2.52. The lowest BCUT2D eigenvalue weighted by Crippen LogP contribution is -2.63. The van der Waals surface area contributed by atoms with E-state index in [4.69, 9.17) is 38.4 Å². The Balaban J connectivity index is 1.05. The van der Waals surface area contributed by atoms with E-state index in [0.717, 1.165) is 83.7 Å². The molecule has 12 rings (SSSR count). The summed E-state index contributed by atoms with van der Waals surface area (Å²) in [6, 6.07) is 6.77. The molecule has 5 saturated heterocycles. The molecule has 75 heavy (non-hydrogen) atoms. The zero-order valence-electron chi connectivity index (χ0n) is 43.8. The number of piperazine rings is 1. The van der Waals surface area contributed by atoms with Gasteiger partial charge < -0.3 is 43.2 Å². The lowest BCUT2D eigenvalue weighted by Gasteiger charge is -2.39. The van der Waals surface area contributed by atoms with E-state index in [1.54, 1.807) is 7.11 Å². The number of hydrazine groups is 1. The molecule has 2 saturated carbocycles. The number of amides is 2. The molecule has 2 aliphatic carbocycles. The first-order valence-electron chi connectivity index (χ1n) is 27.1. The van der Waals surface area contributed by atoms with Gasteiger partial charge in [-0.1, -0.05) is 19.9 Å². The fourth-order valence-corrected chi connectivity index (χ4v) is 13.1. The summed E-state index contributed by atoms with van der Waals surface area (Å²) in [4.78, 5) is 58.7. The number of ether oxygens (including phenoxy) is 6. The molecule has 0 spiro atoms. The normalized spacial score (nSPS) is 28.1. The first-order chi connectivity index (χ1) is 36.2. The minimum atomic E-state index is -2.88. The highest BCUT2D eigenvalue weighted by Gasteiger charge is 2.61. The monoisotopic (exact) mass is 1060 g/mol. The maximum absolute atomic E-state index is 14.9. The van der Waals surface area contributed by atoms with Gasteiger partial charge in [0.05, 0.1) is 60.5 Å². The lowest BCUT2D eigenvalue weighted by atomic mass is 9.72. The molecule has 9 heterocycles. The number of thiazole rings is 1. The number of nitrogens with one attached hydrogen (secondary N) is 2. The Morgan fingerprint density at radius 2 is 1.81 bits per heavy atom. The van der Waals surface area contributed by atoms with Crippen LogP contribution in [0, 0.1) is 11.3 Å². The molecule has 7 fully saturated rings. The molecule has 2 N–H and O–H groups in total. The van der Waals surface area contributed by atoms with E-state index in [1.807, 2.05) is 31.5 Å². The molecule has 17 nitrogen and oxygen atoms in total. The average molecular weight is 1060 g/mol. The summed E-state index contributed by atoms with van der Waals surface area (Å²) < 4.78 is 67.5. The zero-order valence-corrected chi connectivity index (χ0v) is 44.6. The molecule has 6 aliphatic heterocycles. The SMILES string of the molecule is CO[C@@H](C)c1ncc(N2CCN(C3CC3)CC2)cc1-c1c2c3cc(ccc3n1CCOC1CCOCC1)-c1csc(n1)[C@@H](OCC(F)F)[C@H](NC(=O)C13CC(C1)[C@@H](C)O3)C(=O)N1CCC[C@H](N1)C(=O)OCC(C)(C)C2. The van der Waals surface area contributed by atoms with Crippen LogP contribution in [0.5, 0.6) is 0 Å². The number of benzene rings is 1. The Morgan fingerprint density at radius 1 is 1.03 bits per heavy atom. The van der Waals surface area contributed by atoms with E-state index in [0.29, 0.717) is 70.2 Å². The number of hydrogen-bond donors (Lipinski definition) is 2. The molecule has 20 heteroatoms. The Labute approximate surface area is 441 Å². The number of methoxy groups -OCH3 is 1. The molecule has 8 aliphatic rings. The summed E-state index contributed by atoms with van der Waals surface area (Å²) in [7, 11) is 1.70. The number of alkyl halides is 2. The van der Waals surface area contributed by atoms with Crippen molar-refractivity contribution in [1.29, 1.82) is 0 Å². The van der Waals surface area contributed by atoms with Gasteiger partial charge in [0.1, 0.15) is 35.4 Å². The number of rotatable bonds is 14. The number of fused-ring (bicyclic) bond motifs is 7. The first-order valence-corrected chi connectivity index (χ1v) is 28.0. The van der Waals surface area contributed by atoms with Crippen LogP contribution in [-0.2, 0) is 55.8 Å². The van der Waals surface area contributed by atoms with Crippen molar-refractivity contribution >= 4 is 45.7 Å². The van der Waals surface area contributed by atoms with Gasteiger partial charge in [0.15, 0.2) is 0 Å². The second-order valence-corrected chi connectivity index (χ2v) is 23.5. The lowest BCUT2D eigenvalue weighted by molar-refractivity contribution is -0.159. The van der Waals surface area contributed by atoms with Gasteiger partial charge in [-0.2, -0.15) is 0 Å². The Hall–Kier alpha value is -4.67. The topological polar surface area (TPSA) is 171 Å². The number of hydrogen-bond acceptors (Lipinski definition) is 15. The van der Waals surface area contributed by atoms with Gasteiger partial charge in [-0.15, -0.1) is 11.3 Å². The predicted octanol–water partition coefficient (Wildman–Crippen LogP) is 7.01. The number of pyridine rings is 1. The summed E-state index contributed by atoms with van der Waals surface area (Å²) in [6.07, 6.45) is 3.71. The maximum Gasteiger partial charge on any atom is 0.324 e. The largest absolute Gasteiger partial charge is 0.464 e. The van der Waals surface area contributed by atoms with E-state index in [2.05, 4.69) is 57.2 Å². The molecular formula is C55H72F2N8O9S. The van der Waals surface area contributed by atoms with Crippen LogP contribution < -0.4 is 15.6 Å². The molecule has 2 amide bonds. The Bertz CT molecular complexity index is 2730. The molecule has 8 bridgehead atoms. The second kappa shape index (κ2) is 21.6. The van der Waals surface area contributed by atoms with Gasteiger partial charge in [0, 0.05) is 98.5 Å². The molecule has 3 aromatic heterocycles. The van der Waals surface area contributed by atoms with Crippen LogP contribution in [0.3, 0.4) is 0 Å². The summed E-state index contributed by atoms with van der Waals surface area (Å²) in [6.45, 7) is 13.4. The molecule has 0 radical (unpaired) electrons.